The highest BCUT2D eigenvalue weighted by Gasteiger charge is 2.24. The summed E-state index contributed by atoms with van der Waals surface area (Å²) in [5.74, 6) is 0.485. The van der Waals surface area contributed by atoms with Crippen LogP contribution in [-0.2, 0) is 4.79 Å². The van der Waals surface area contributed by atoms with E-state index in [1.807, 2.05) is 32.0 Å². The van der Waals surface area contributed by atoms with Crippen molar-refractivity contribution < 1.29 is 9.59 Å². The topological polar surface area (TPSA) is 78.4 Å². The van der Waals surface area contributed by atoms with E-state index in [1.165, 1.54) is 6.20 Å². The van der Waals surface area contributed by atoms with Crippen molar-refractivity contribution >= 4 is 23.3 Å². The molecule has 2 amide bonds. The molecule has 1 aliphatic heterocycles. The lowest BCUT2D eigenvalue weighted by Crippen LogP contribution is -2.50. The molecule has 7 heteroatoms. The molecule has 26 heavy (non-hydrogen) atoms. The summed E-state index contributed by atoms with van der Waals surface area (Å²) in [6.07, 6.45) is 3.07. The van der Waals surface area contributed by atoms with E-state index in [2.05, 4.69) is 15.3 Å². The van der Waals surface area contributed by atoms with Crippen LogP contribution in [0.5, 0.6) is 0 Å². The SMILES string of the molecule is CC(=O)N1CCN(C(=O)c2cnc(Nc3c(C)cccc3C)cn2)CC1. The Morgan fingerprint density at radius 1 is 0.962 bits per heavy atom. The summed E-state index contributed by atoms with van der Waals surface area (Å²) in [7, 11) is 0. The Morgan fingerprint density at radius 2 is 1.58 bits per heavy atom. The molecule has 1 N–H and O–H groups in total. The van der Waals surface area contributed by atoms with E-state index < -0.39 is 0 Å². The molecule has 136 valence electrons. The number of benzene rings is 1. The highest BCUT2D eigenvalue weighted by Crippen LogP contribution is 2.22. The van der Waals surface area contributed by atoms with Crippen LogP contribution >= 0.6 is 0 Å². The molecule has 7 nitrogen and oxygen atoms in total. The predicted molar refractivity (Wildman–Crippen MR) is 99.4 cm³/mol. The third-order valence-electron chi connectivity index (χ3n) is 4.62. The minimum Gasteiger partial charge on any atom is -0.339 e. The molecule has 0 spiro atoms. The molecular weight excluding hydrogens is 330 g/mol. The minimum absolute atomic E-state index is 0.0406. The van der Waals surface area contributed by atoms with Crippen molar-refractivity contribution in [3.8, 4) is 0 Å². The number of carbonyl (C=O) groups is 2. The average Bonchev–Trinajstić information content (AvgIpc) is 2.65. The van der Waals surface area contributed by atoms with Gasteiger partial charge in [-0.25, -0.2) is 9.97 Å². The molecule has 2 heterocycles. The smallest absolute Gasteiger partial charge is 0.274 e. The molecule has 2 aromatic rings. The standard InChI is InChI=1S/C19H23N5O2/c1-13-5-4-6-14(2)18(13)22-17-12-20-16(11-21-17)19(26)24-9-7-23(8-10-24)15(3)25/h4-6,11-12H,7-10H2,1-3H3,(H,21,22). The van der Waals surface area contributed by atoms with Gasteiger partial charge in [0.05, 0.1) is 12.4 Å². The summed E-state index contributed by atoms with van der Waals surface area (Å²) in [6, 6.07) is 6.07. The van der Waals surface area contributed by atoms with Crippen molar-refractivity contribution in [2.24, 2.45) is 0 Å². The number of nitrogens with zero attached hydrogens (tertiary/aromatic N) is 4. The summed E-state index contributed by atoms with van der Waals surface area (Å²) < 4.78 is 0. The number of nitrogens with one attached hydrogen (secondary N) is 1. The van der Waals surface area contributed by atoms with Crippen molar-refractivity contribution in [3.05, 3.63) is 47.4 Å². The Hall–Kier alpha value is -2.96. The number of anilines is 2. The van der Waals surface area contributed by atoms with Crippen LogP contribution in [0.3, 0.4) is 0 Å². The molecule has 3 rings (SSSR count). The van der Waals surface area contributed by atoms with Crippen molar-refractivity contribution in [1.29, 1.82) is 0 Å². The summed E-state index contributed by atoms with van der Waals surface area (Å²) in [5.41, 5.74) is 3.56. The number of piperazine rings is 1. The number of hydrogen-bond acceptors (Lipinski definition) is 5. The molecule has 1 fully saturated rings. The number of aryl methyl sites for hydroxylation is 2. The first kappa shape index (κ1) is 17.8. The first-order valence-electron chi connectivity index (χ1n) is 8.66. The molecule has 1 saturated heterocycles. The normalized spacial score (nSPS) is 14.3. The minimum atomic E-state index is -0.153. The average molecular weight is 353 g/mol. The van der Waals surface area contributed by atoms with Gasteiger partial charge >= 0.3 is 0 Å². The lowest BCUT2D eigenvalue weighted by Gasteiger charge is -2.33. The van der Waals surface area contributed by atoms with E-state index in [1.54, 1.807) is 22.9 Å². The summed E-state index contributed by atoms with van der Waals surface area (Å²) in [5, 5.41) is 3.26. The molecule has 1 aromatic heterocycles. The fourth-order valence-corrected chi connectivity index (χ4v) is 3.03. The molecule has 0 bridgehead atoms. The van der Waals surface area contributed by atoms with Crippen molar-refractivity contribution in [3.63, 3.8) is 0 Å². The fraction of sp³-hybridized carbons (Fsp3) is 0.368. The van der Waals surface area contributed by atoms with Gasteiger partial charge in [-0.1, -0.05) is 18.2 Å². The van der Waals surface area contributed by atoms with Gasteiger partial charge in [0.25, 0.3) is 5.91 Å². The number of carbonyl (C=O) groups excluding carboxylic acids is 2. The highest BCUT2D eigenvalue weighted by molar-refractivity contribution is 5.92. The molecule has 0 aliphatic carbocycles. The highest BCUT2D eigenvalue weighted by atomic mass is 16.2. The Balaban J connectivity index is 1.66. The van der Waals surface area contributed by atoms with Gasteiger partial charge in [0, 0.05) is 38.8 Å². The maximum Gasteiger partial charge on any atom is 0.274 e. The van der Waals surface area contributed by atoms with Crippen LogP contribution in [-0.4, -0.2) is 57.8 Å². The molecular formula is C19H23N5O2. The number of para-hydroxylation sites is 1. The largest absolute Gasteiger partial charge is 0.339 e. The summed E-state index contributed by atoms with van der Waals surface area (Å²) in [4.78, 5) is 36.0. The van der Waals surface area contributed by atoms with E-state index >= 15 is 0 Å². The number of rotatable bonds is 3. The molecule has 0 unspecified atom stereocenters. The fourth-order valence-electron chi connectivity index (χ4n) is 3.03. The molecule has 1 aliphatic rings. The van der Waals surface area contributed by atoms with E-state index in [4.69, 9.17) is 0 Å². The van der Waals surface area contributed by atoms with E-state index in [0.29, 0.717) is 37.7 Å². The van der Waals surface area contributed by atoms with Gasteiger partial charge in [-0.3, -0.25) is 9.59 Å². The van der Waals surface area contributed by atoms with Gasteiger partial charge in [0.15, 0.2) is 0 Å². The zero-order valence-corrected chi connectivity index (χ0v) is 15.3. The van der Waals surface area contributed by atoms with Crippen LogP contribution in [0.15, 0.2) is 30.6 Å². The third-order valence-corrected chi connectivity index (χ3v) is 4.62. The van der Waals surface area contributed by atoms with Crippen LogP contribution in [0.2, 0.25) is 0 Å². The Morgan fingerprint density at radius 3 is 2.12 bits per heavy atom. The van der Waals surface area contributed by atoms with E-state index in [0.717, 1.165) is 16.8 Å². The zero-order valence-electron chi connectivity index (χ0n) is 15.3. The monoisotopic (exact) mass is 353 g/mol. The maximum atomic E-state index is 12.6. The maximum absolute atomic E-state index is 12.6. The molecule has 1 aromatic carbocycles. The van der Waals surface area contributed by atoms with Crippen LogP contribution < -0.4 is 5.32 Å². The first-order chi connectivity index (χ1) is 12.5. The van der Waals surface area contributed by atoms with Crippen molar-refractivity contribution in [1.82, 2.24) is 19.8 Å². The first-order valence-corrected chi connectivity index (χ1v) is 8.66. The predicted octanol–water partition coefficient (Wildman–Crippen LogP) is 2.14. The van der Waals surface area contributed by atoms with E-state index in [-0.39, 0.29) is 11.8 Å². The van der Waals surface area contributed by atoms with Gasteiger partial charge < -0.3 is 15.1 Å². The number of amides is 2. The zero-order chi connectivity index (χ0) is 18.7. The van der Waals surface area contributed by atoms with Gasteiger partial charge in [0.2, 0.25) is 5.91 Å². The van der Waals surface area contributed by atoms with Gasteiger partial charge in [-0.2, -0.15) is 0 Å². The van der Waals surface area contributed by atoms with Crippen LogP contribution in [0.25, 0.3) is 0 Å². The van der Waals surface area contributed by atoms with Crippen LogP contribution in [0.4, 0.5) is 11.5 Å². The van der Waals surface area contributed by atoms with Crippen LogP contribution in [0, 0.1) is 13.8 Å². The van der Waals surface area contributed by atoms with Crippen LogP contribution in [0.1, 0.15) is 28.5 Å². The Kier molecular flexibility index (Phi) is 5.16. The summed E-state index contributed by atoms with van der Waals surface area (Å²) >= 11 is 0. The second-order valence-electron chi connectivity index (χ2n) is 6.48. The van der Waals surface area contributed by atoms with Gasteiger partial charge in [-0.05, 0) is 25.0 Å². The summed E-state index contributed by atoms with van der Waals surface area (Å²) in [6.45, 7) is 7.75. The quantitative estimate of drug-likeness (QED) is 0.915. The second kappa shape index (κ2) is 7.51. The Bertz CT molecular complexity index is 791. The lowest BCUT2D eigenvalue weighted by molar-refractivity contribution is -0.130. The Labute approximate surface area is 153 Å². The van der Waals surface area contributed by atoms with Gasteiger partial charge in [-0.15, -0.1) is 0 Å². The van der Waals surface area contributed by atoms with E-state index in [9.17, 15) is 9.59 Å². The molecule has 0 atom stereocenters. The molecule has 0 radical (unpaired) electrons. The number of hydrogen-bond donors (Lipinski definition) is 1. The lowest BCUT2D eigenvalue weighted by atomic mass is 10.1. The molecule has 0 saturated carbocycles. The van der Waals surface area contributed by atoms with Crippen molar-refractivity contribution in [2.75, 3.05) is 31.5 Å². The van der Waals surface area contributed by atoms with Gasteiger partial charge in [0.1, 0.15) is 11.5 Å². The number of aromatic nitrogens is 2. The van der Waals surface area contributed by atoms with Crippen molar-refractivity contribution in [2.45, 2.75) is 20.8 Å². The second-order valence-corrected chi connectivity index (χ2v) is 6.48. The third kappa shape index (κ3) is 3.82.